The van der Waals surface area contributed by atoms with E-state index < -0.39 is 6.29 Å². The predicted molar refractivity (Wildman–Crippen MR) is 106 cm³/mol. The quantitative estimate of drug-likeness (QED) is 0.572. The third kappa shape index (κ3) is 5.38. The maximum absolute atomic E-state index is 12.9. The lowest BCUT2D eigenvalue weighted by Gasteiger charge is -2.32. The van der Waals surface area contributed by atoms with Gasteiger partial charge in [-0.25, -0.2) is 4.68 Å². The molecule has 0 aliphatic carbocycles. The van der Waals surface area contributed by atoms with E-state index in [0.29, 0.717) is 45.1 Å². The van der Waals surface area contributed by atoms with E-state index in [1.165, 1.54) is 0 Å². The van der Waals surface area contributed by atoms with Crippen LogP contribution >= 0.6 is 15.9 Å². The summed E-state index contributed by atoms with van der Waals surface area (Å²) in [6, 6.07) is 7.94. The normalized spacial score (nSPS) is 17.3. The zero-order valence-corrected chi connectivity index (χ0v) is 17.7. The molecule has 0 radical (unpaired) electrons. The average molecular weight is 453 g/mol. The third-order valence-electron chi connectivity index (χ3n) is 4.39. The van der Waals surface area contributed by atoms with Crippen molar-refractivity contribution in [2.24, 2.45) is 0 Å². The summed E-state index contributed by atoms with van der Waals surface area (Å²) >= 11 is 3.43. The van der Waals surface area contributed by atoms with Crippen molar-refractivity contribution < 1.29 is 19.0 Å². The minimum atomic E-state index is -0.412. The van der Waals surface area contributed by atoms with Gasteiger partial charge in [0.25, 0.3) is 5.91 Å². The molecule has 2 heterocycles. The van der Waals surface area contributed by atoms with Crippen LogP contribution in [0.5, 0.6) is 0 Å². The van der Waals surface area contributed by atoms with Gasteiger partial charge in [0.05, 0.1) is 25.9 Å². The number of carbonyl (C=O) groups excluding carboxylic acids is 1. The fourth-order valence-electron chi connectivity index (χ4n) is 3.04. The summed E-state index contributed by atoms with van der Waals surface area (Å²) in [5, 5.41) is 8.08. The molecule has 9 heteroatoms. The molecule has 3 rings (SSSR count). The number of ether oxygens (including phenoxy) is 3. The molecule has 1 aliphatic rings. The summed E-state index contributed by atoms with van der Waals surface area (Å²) < 4.78 is 19.5. The summed E-state index contributed by atoms with van der Waals surface area (Å²) in [6.07, 6.45) is 1.07. The summed E-state index contributed by atoms with van der Waals surface area (Å²) in [6.45, 7) is 6.76. The van der Waals surface area contributed by atoms with Crippen LogP contribution in [0.15, 0.2) is 34.9 Å². The van der Waals surface area contributed by atoms with Crippen molar-refractivity contribution in [1.82, 2.24) is 19.9 Å². The topological polar surface area (TPSA) is 78.7 Å². The number of rotatable bonds is 8. The molecular weight excluding hydrogens is 428 g/mol. The highest BCUT2D eigenvalue weighted by atomic mass is 79.9. The van der Waals surface area contributed by atoms with Crippen LogP contribution in [0, 0.1) is 0 Å². The summed E-state index contributed by atoms with van der Waals surface area (Å²) in [7, 11) is 0. The van der Waals surface area contributed by atoms with E-state index in [-0.39, 0.29) is 12.0 Å². The molecule has 28 heavy (non-hydrogen) atoms. The van der Waals surface area contributed by atoms with E-state index in [1.54, 1.807) is 15.8 Å². The molecule has 1 saturated heterocycles. The average Bonchev–Trinajstić information content (AvgIpc) is 3.17. The molecule has 0 spiro atoms. The second-order valence-electron chi connectivity index (χ2n) is 6.33. The molecule has 1 amide bonds. The molecule has 0 saturated carbocycles. The van der Waals surface area contributed by atoms with Gasteiger partial charge < -0.3 is 19.1 Å². The standard InChI is InChI=1S/C19H25BrN4O4/c1-3-26-18(27-4-2)13-24-11-16(21-22-24)19(25)23-9-10-28-17(12-23)14-5-7-15(20)8-6-14/h5-8,11,17-18H,3-4,9-10,12-13H2,1-2H3. The molecule has 1 atom stereocenters. The smallest absolute Gasteiger partial charge is 0.276 e. The number of carbonyl (C=O) groups is 1. The van der Waals surface area contributed by atoms with E-state index in [2.05, 4.69) is 26.2 Å². The Kier molecular flexibility index (Phi) is 7.55. The first kappa shape index (κ1) is 20.9. The van der Waals surface area contributed by atoms with Crippen LogP contribution in [0.4, 0.5) is 0 Å². The largest absolute Gasteiger partial charge is 0.370 e. The number of hydrogen-bond acceptors (Lipinski definition) is 6. The van der Waals surface area contributed by atoms with E-state index in [9.17, 15) is 4.79 Å². The van der Waals surface area contributed by atoms with E-state index in [4.69, 9.17) is 14.2 Å². The van der Waals surface area contributed by atoms with Crippen molar-refractivity contribution in [3.05, 3.63) is 46.2 Å². The van der Waals surface area contributed by atoms with E-state index in [0.717, 1.165) is 10.0 Å². The van der Waals surface area contributed by atoms with Crippen LogP contribution in [0.25, 0.3) is 0 Å². The minimum absolute atomic E-state index is 0.152. The Morgan fingerprint density at radius 3 is 2.68 bits per heavy atom. The molecule has 0 N–H and O–H groups in total. The van der Waals surface area contributed by atoms with Crippen LogP contribution in [0.1, 0.15) is 36.0 Å². The van der Waals surface area contributed by atoms with E-state index >= 15 is 0 Å². The van der Waals surface area contributed by atoms with Gasteiger partial charge in [-0.2, -0.15) is 0 Å². The van der Waals surface area contributed by atoms with Crippen LogP contribution in [0.2, 0.25) is 0 Å². The molecular formula is C19H25BrN4O4. The van der Waals surface area contributed by atoms with Gasteiger partial charge in [0.1, 0.15) is 6.10 Å². The van der Waals surface area contributed by atoms with Crippen molar-refractivity contribution in [3.8, 4) is 0 Å². The van der Waals surface area contributed by atoms with Gasteiger partial charge >= 0.3 is 0 Å². The van der Waals surface area contributed by atoms with Crippen LogP contribution in [-0.4, -0.2) is 65.0 Å². The number of aromatic nitrogens is 3. The maximum Gasteiger partial charge on any atom is 0.276 e. The Labute approximate surface area is 172 Å². The Morgan fingerprint density at radius 1 is 1.29 bits per heavy atom. The number of hydrogen-bond donors (Lipinski definition) is 0. The van der Waals surface area contributed by atoms with Gasteiger partial charge in [-0.05, 0) is 31.5 Å². The summed E-state index contributed by atoms with van der Waals surface area (Å²) in [4.78, 5) is 14.6. The molecule has 1 aromatic heterocycles. The van der Waals surface area contributed by atoms with Gasteiger partial charge in [0.15, 0.2) is 12.0 Å². The van der Waals surface area contributed by atoms with Crippen molar-refractivity contribution >= 4 is 21.8 Å². The molecule has 1 aliphatic heterocycles. The second-order valence-corrected chi connectivity index (χ2v) is 7.24. The van der Waals surface area contributed by atoms with Crippen LogP contribution < -0.4 is 0 Å². The van der Waals surface area contributed by atoms with Gasteiger partial charge in [-0.1, -0.05) is 33.3 Å². The monoisotopic (exact) mass is 452 g/mol. The molecule has 1 unspecified atom stereocenters. The first-order valence-corrected chi connectivity index (χ1v) is 10.2. The highest BCUT2D eigenvalue weighted by molar-refractivity contribution is 9.10. The van der Waals surface area contributed by atoms with Crippen LogP contribution in [-0.2, 0) is 20.8 Å². The van der Waals surface area contributed by atoms with Gasteiger partial charge in [0.2, 0.25) is 0 Å². The molecule has 1 fully saturated rings. The Hall–Kier alpha value is -1.81. The van der Waals surface area contributed by atoms with Gasteiger partial charge in [0, 0.05) is 24.2 Å². The summed E-state index contributed by atoms with van der Waals surface area (Å²) in [5.41, 5.74) is 1.35. The Bertz CT molecular complexity index is 762. The highest BCUT2D eigenvalue weighted by Gasteiger charge is 2.28. The van der Waals surface area contributed by atoms with Gasteiger partial charge in [-0.15, -0.1) is 5.10 Å². The maximum atomic E-state index is 12.9. The van der Waals surface area contributed by atoms with Crippen molar-refractivity contribution in [1.29, 1.82) is 0 Å². The van der Waals surface area contributed by atoms with Crippen molar-refractivity contribution in [2.45, 2.75) is 32.8 Å². The lowest BCUT2D eigenvalue weighted by atomic mass is 10.1. The SMILES string of the molecule is CCOC(Cn1cc(C(=O)N2CCOC(c3ccc(Br)cc3)C2)nn1)OCC. The Balaban J connectivity index is 1.63. The fourth-order valence-corrected chi connectivity index (χ4v) is 3.30. The van der Waals surface area contributed by atoms with Crippen molar-refractivity contribution in [2.75, 3.05) is 32.9 Å². The fraction of sp³-hybridized carbons (Fsp3) is 0.526. The lowest BCUT2D eigenvalue weighted by Crippen LogP contribution is -2.42. The molecule has 8 nitrogen and oxygen atoms in total. The minimum Gasteiger partial charge on any atom is -0.370 e. The predicted octanol–water partition coefficient (Wildman–Crippen LogP) is 2.65. The van der Waals surface area contributed by atoms with Crippen molar-refractivity contribution in [3.63, 3.8) is 0 Å². The molecule has 152 valence electrons. The number of benzene rings is 1. The highest BCUT2D eigenvalue weighted by Crippen LogP contribution is 2.24. The lowest BCUT2D eigenvalue weighted by molar-refractivity contribution is -0.145. The zero-order valence-electron chi connectivity index (χ0n) is 16.1. The molecule has 2 aromatic rings. The number of nitrogens with zero attached hydrogens (tertiary/aromatic N) is 4. The Morgan fingerprint density at radius 2 is 2.00 bits per heavy atom. The first-order valence-electron chi connectivity index (χ1n) is 9.40. The number of amides is 1. The second kappa shape index (κ2) is 10.1. The summed E-state index contributed by atoms with van der Waals surface area (Å²) in [5.74, 6) is -0.152. The third-order valence-corrected chi connectivity index (χ3v) is 4.92. The van der Waals surface area contributed by atoms with Gasteiger partial charge in [-0.3, -0.25) is 4.79 Å². The van der Waals surface area contributed by atoms with E-state index in [1.807, 2.05) is 38.1 Å². The number of morpholine rings is 1. The zero-order chi connectivity index (χ0) is 19.9. The first-order chi connectivity index (χ1) is 13.6. The molecule has 0 bridgehead atoms. The molecule has 1 aromatic carbocycles. The van der Waals surface area contributed by atoms with Crippen LogP contribution in [0.3, 0.4) is 0 Å². The number of halogens is 1.